The molecule has 3 rings (SSSR count). The van der Waals surface area contributed by atoms with Crippen molar-refractivity contribution < 1.29 is 0 Å². The third-order valence-electron chi connectivity index (χ3n) is 2.63. The average Bonchev–Trinajstić information content (AvgIpc) is 2.75. The highest BCUT2D eigenvalue weighted by molar-refractivity contribution is 9.10. The van der Waals surface area contributed by atoms with E-state index in [0.29, 0.717) is 0 Å². The predicted molar refractivity (Wildman–Crippen MR) is 69.1 cm³/mol. The van der Waals surface area contributed by atoms with Crippen molar-refractivity contribution in [2.75, 3.05) is 0 Å². The number of hydrogen-bond donors (Lipinski definition) is 0. The molecule has 0 aliphatic carbocycles. The fourth-order valence-corrected chi connectivity index (χ4v) is 2.25. The number of benzene rings is 1. The Bertz CT molecular complexity index is 690. The Kier molecular flexibility index (Phi) is 2.40. The Morgan fingerprint density at radius 3 is 2.76 bits per heavy atom. The van der Waals surface area contributed by atoms with E-state index in [4.69, 9.17) is 0 Å². The van der Waals surface area contributed by atoms with Gasteiger partial charge in [0.05, 0.1) is 11.4 Å². The highest BCUT2D eigenvalue weighted by atomic mass is 79.9. The maximum atomic E-state index is 4.35. The van der Waals surface area contributed by atoms with Crippen LogP contribution in [0.15, 0.2) is 41.4 Å². The second-order valence-corrected chi connectivity index (χ2v) is 4.55. The number of para-hydroxylation sites is 1. The summed E-state index contributed by atoms with van der Waals surface area (Å²) >= 11 is 3.53. The monoisotopic (exact) mass is 288 g/mol. The number of fused-ring (bicyclic) bond motifs is 1. The molecule has 5 heteroatoms. The summed E-state index contributed by atoms with van der Waals surface area (Å²) in [5, 5.41) is 0. The number of aryl methyl sites for hydroxylation is 1. The fourth-order valence-electron chi connectivity index (χ4n) is 1.78. The highest BCUT2D eigenvalue weighted by Crippen LogP contribution is 2.23. The zero-order valence-electron chi connectivity index (χ0n) is 9.13. The lowest BCUT2D eigenvalue weighted by Crippen LogP contribution is -1.95. The molecule has 0 aliphatic heterocycles. The molecule has 2 heterocycles. The van der Waals surface area contributed by atoms with Crippen molar-refractivity contribution in [3.05, 3.63) is 47.1 Å². The predicted octanol–water partition coefficient (Wildman–Crippen LogP) is 2.89. The molecule has 0 spiro atoms. The molecular formula is C12H9BrN4. The molecular weight excluding hydrogens is 280 g/mol. The van der Waals surface area contributed by atoms with Crippen LogP contribution in [0.4, 0.5) is 0 Å². The van der Waals surface area contributed by atoms with Crippen LogP contribution in [0.2, 0.25) is 0 Å². The summed E-state index contributed by atoms with van der Waals surface area (Å²) in [7, 11) is 0. The molecule has 2 aromatic heterocycles. The molecule has 84 valence electrons. The van der Waals surface area contributed by atoms with Crippen molar-refractivity contribution in [1.29, 1.82) is 0 Å². The average molecular weight is 289 g/mol. The van der Waals surface area contributed by atoms with Crippen LogP contribution in [0.3, 0.4) is 0 Å². The van der Waals surface area contributed by atoms with E-state index in [1.165, 1.54) is 0 Å². The van der Waals surface area contributed by atoms with Gasteiger partial charge in [0.15, 0.2) is 5.65 Å². The number of rotatable bonds is 1. The number of hydrogen-bond acceptors (Lipinski definition) is 3. The van der Waals surface area contributed by atoms with E-state index in [2.05, 4.69) is 30.9 Å². The van der Waals surface area contributed by atoms with Crippen LogP contribution in [-0.2, 0) is 0 Å². The Morgan fingerprint density at radius 2 is 1.94 bits per heavy atom. The van der Waals surface area contributed by atoms with Crippen molar-refractivity contribution in [3.63, 3.8) is 0 Å². The van der Waals surface area contributed by atoms with E-state index < -0.39 is 0 Å². The quantitative estimate of drug-likeness (QED) is 0.692. The number of halogens is 1. The van der Waals surface area contributed by atoms with Gasteiger partial charge in [0, 0.05) is 4.47 Å². The Labute approximate surface area is 106 Å². The van der Waals surface area contributed by atoms with Crippen LogP contribution in [0, 0.1) is 6.92 Å². The Morgan fingerprint density at radius 1 is 1.12 bits per heavy atom. The van der Waals surface area contributed by atoms with Crippen molar-refractivity contribution in [3.8, 4) is 5.69 Å². The lowest BCUT2D eigenvalue weighted by Gasteiger charge is -2.05. The molecule has 0 atom stereocenters. The van der Waals surface area contributed by atoms with Crippen LogP contribution in [0.5, 0.6) is 0 Å². The first-order valence-corrected chi connectivity index (χ1v) is 5.96. The minimum Gasteiger partial charge on any atom is -0.282 e. The molecule has 17 heavy (non-hydrogen) atoms. The Balaban J connectivity index is 2.33. The SMILES string of the molecule is Cc1ncnc2c1ncn2-c1ccccc1Br. The molecule has 1 aromatic carbocycles. The largest absolute Gasteiger partial charge is 0.282 e. The molecule has 0 radical (unpaired) electrons. The maximum absolute atomic E-state index is 4.35. The van der Waals surface area contributed by atoms with Crippen molar-refractivity contribution in [1.82, 2.24) is 19.5 Å². The van der Waals surface area contributed by atoms with Crippen LogP contribution in [0.25, 0.3) is 16.9 Å². The number of nitrogens with zero attached hydrogens (tertiary/aromatic N) is 4. The second-order valence-electron chi connectivity index (χ2n) is 3.70. The van der Waals surface area contributed by atoms with Gasteiger partial charge in [-0.2, -0.15) is 0 Å². The molecule has 0 saturated heterocycles. The first-order chi connectivity index (χ1) is 8.27. The molecule has 0 N–H and O–H groups in total. The topological polar surface area (TPSA) is 43.6 Å². The third-order valence-corrected chi connectivity index (χ3v) is 3.30. The molecule has 0 unspecified atom stereocenters. The van der Waals surface area contributed by atoms with Gasteiger partial charge in [0.2, 0.25) is 0 Å². The van der Waals surface area contributed by atoms with E-state index in [0.717, 1.165) is 27.0 Å². The van der Waals surface area contributed by atoms with Crippen molar-refractivity contribution in [2.45, 2.75) is 6.92 Å². The Hall–Kier alpha value is -1.75. The summed E-state index contributed by atoms with van der Waals surface area (Å²) < 4.78 is 2.96. The number of imidazole rings is 1. The van der Waals surface area contributed by atoms with Crippen molar-refractivity contribution in [2.24, 2.45) is 0 Å². The van der Waals surface area contributed by atoms with Gasteiger partial charge in [0.1, 0.15) is 18.2 Å². The summed E-state index contributed by atoms with van der Waals surface area (Å²) in [5.74, 6) is 0. The molecule has 0 amide bonds. The van der Waals surface area contributed by atoms with Gasteiger partial charge in [-0.25, -0.2) is 15.0 Å². The maximum Gasteiger partial charge on any atom is 0.168 e. The molecule has 0 aliphatic rings. The van der Waals surface area contributed by atoms with Crippen LogP contribution >= 0.6 is 15.9 Å². The molecule has 3 aromatic rings. The van der Waals surface area contributed by atoms with E-state index in [-0.39, 0.29) is 0 Å². The van der Waals surface area contributed by atoms with Gasteiger partial charge < -0.3 is 0 Å². The van der Waals surface area contributed by atoms with Gasteiger partial charge in [-0.1, -0.05) is 12.1 Å². The molecule has 0 saturated carbocycles. The molecule has 0 fully saturated rings. The van der Waals surface area contributed by atoms with Crippen LogP contribution < -0.4 is 0 Å². The summed E-state index contributed by atoms with van der Waals surface area (Å²) in [4.78, 5) is 12.8. The lowest BCUT2D eigenvalue weighted by molar-refractivity contribution is 1.05. The second kappa shape index (κ2) is 3.92. The van der Waals surface area contributed by atoms with E-state index >= 15 is 0 Å². The summed E-state index contributed by atoms with van der Waals surface area (Å²) in [5.41, 5.74) is 3.57. The summed E-state index contributed by atoms with van der Waals surface area (Å²) in [6, 6.07) is 7.98. The minimum absolute atomic E-state index is 0.824. The van der Waals surface area contributed by atoms with Crippen LogP contribution in [-0.4, -0.2) is 19.5 Å². The van der Waals surface area contributed by atoms with Gasteiger partial charge in [-0.3, -0.25) is 4.57 Å². The van der Waals surface area contributed by atoms with Crippen molar-refractivity contribution >= 4 is 27.1 Å². The first-order valence-electron chi connectivity index (χ1n) is 5.17. The van der Waals surface area contributed by atoms with Gasteiger partial charge in [-0.15, -0.1) is 0 Å². The molecule has 4 nitrogen and oxygen atoms in total. The van der Waals surface area contributed by atoms with E-state index in [9.17, 15) is 0 Å². The molecule has 0 bridgehead atoms. The van der Waals surface area contributed by atoms with Gasteiger partial charge in [0.25, 0.3) is 0 Å². The third kappa shape index (κ3) is 1.63. The highest BCUT2D eigenvalue weighted by Gasteiger charge is 2.09. The number of aromatic nitrogens is 4. The summed E-state index contributed by atoms with van der Waals surface area (Å²) in [6.45, 7) is 1.93. The normalized spacial score (nSPS) is 10.9. The first kappa shape index (κ1) is 10.4. The lowest BCUT2D eigenvalue weighted by atomic mass is 10.3. The minimum atomic E-state index is 0.824. The zero-order chi connectivity index (χ0) is 11.8. The van der Waals surface area contributed by atoms with Gasteiger partial charge in [-0.05, 0) is 35.0 Å². The van der Waals surface area contributed by atoms with E-state index in [1.807, 2.05) is 35.8 Å². The fraction of sp³-hybridized carbons (Fsp3) is 0.0833. The smallest absolute Gasteiger partial charge is 0.168 e. The van der Waals surface area contributed by atoms with Gasteiger partial charge >= 0.3 is 0 Å². The standard InChI is InChI=1S/C12H9BrN4/c1-8-11-12(15-6-14-8)17(7-16-11)10-5-3-2-4-9(10)13/h2-7H,1H3. The van der Waals surface area contributed by atoms with Crippen LogP contribution in [0.1, 0.15) is 5.69 Å². The zero-order valence-corrected chi connectivity index (χ0v) is 10.7. The summed E-state index contributed by atoms with van der Waals surface area (Å²) in [6.07, 6.45) is 3.33. The van der Waals surface area contributed by atoms with E-state index in [1.54, 1.807) is 12.7 Å².